The first-order valence-corrected chi connectivity index (χ1v) is 24.1. The smallest absolute Gasteiger partial charge is 0.306 e. The highest BCUT2D eigenvalue weighted by molar-refractivity contribution is 5.70. The molecule has 0 heterocycles. The number of carbonyl (C=O) groups excluding carboxylic acids is 2. The average Bonchev–Trinajstić information content (AvgIpc) is 3.23. The number of aliphatic hydroxyl groups excluding tert-OH is 1. The van der Waals surface area contributed by atoms with Crippen LogP contribution in [-0.4, -0.2) is 36.4 Å². The zero-order chi connectivity index (χ0) is 42.1. The maximum Gasteiger partial charge on any atom is 0.306 e. The van der Waals surface area contributed by atoms with Gasteiger partial charge in [0.05, 0.1) is 6.61 Å². The van der Waals surface area contributed by atoms with Crippen molar-refractivity contribution in [1.82, 2.24) is 0 Å². The van der Waals surface area contributed by atoms with E-state index in [0.29, 0.717) is 12.8 Å². The van der Waals surface area contributed by atoms with Crippen LogP contribution >= 0.6 is 0 Å². The van der Waals surface area contributed by atoms with Crippen LogP contribution in [0.5, 0.6) is 0 Å². The minimum absolute atomic E-state index is 0.0779. The van der Waals surface area contributed by atoms with E-state index in [4.69, 9.17) is 9.47 Å². The Morgan fingerprint density at radius 1 is 0.414 bits per heavy atom. The number of carbonyl (C=O) groups is 2. The van der Waals surface area contributed by atoms with Crippen molar-refractivity contribution in [2.75, 3.05) is 13.2 Å². The lowest BCUT2D eigenvalue weighted by Crippen LogP contribution is -2.28. The Hall–Kier alpha value is -2.92. The van der Waals surface area contributed by atoms with Gasteiger partial charge in [0.1, 0.15) is 6.61 Å². The fraction of sp³-hybridized carbons (Fsp3) is 0.698. The lowest BCUT2D eigenvalue weighted by atomic mass is 10.1. The van der Waals surface area contributed by atoms with Crippen LogP contribution in [0.25, 0.3) is 0 Å². The number of allylic oxidation sites excluding steroid dienone is 14. The third kappa shape index (κ3) is 45.8. The standard InChI is InChI=1S/C53H90O5/c1-3-5-7-9-11-13-15-17-19-21-23-24-25-26-27-28-30-31-33-35-37-39-41-43-45-47-52(55)57-50-51(49-54)58-53(56)48-46-44-42-40-38-36-34-32-29-22-20-18-16-14-12-10-8-6-4-2/h6,8,12,14-15,17-18,20-21,23,25-26,29,32,51,54H,3-5,7,9-11,13,16,19,22,24,27-28,30-31,33-50H2,1-2H3/b8-6-,14-12-,17-15-,20-18-,23-21-,26-25-,32-29-. The summed E-state index contributed by atoms with van der Waals surface area (Å²) >= 11 is 0. The molecule has 0 fully saturated rings. The molecule has 58 heavy (non-hydrogen) atoms. The Kier molecular flexibility index (Phi) is 46.0. The van der Waals surface area contributed by atoms with E-state index in [9.17, 15) is 14.7 Å². The molecular formula is C53H90O5. The molecule has 5 heteroatoms. The summed E-state index contributed by atoms with van der Waals surface area (Å²) in [5.41, 5.74) is 0. The minimum atomic E-state index is -0.786. The number of aliphatic hydroxyl groups is 1. The van der Waals surface area contributed by atoms with Gasteiger partial charge in [-0.2, -0.15) is 0 Å². The second kappa shape index (κ2) is 48.4. The first-order chi connectivity index (χ1) is 28.6. The molecule has 0 bridgehead atoms. The molecule has 1 atom stereocenters. The van der Waals surface area contributed by atoms with E-state index in [1.54, 1.807) is 0 Å². The molecule has 0 aromatic heterocycles. The molecule has 0 saturated carbocycles. The van der Waals surface area contributed by atoms with E-state index >= 15 is 0 Å². The molecule has 0 aromatic carbocycles. The quantitative estimate of drug-likeness (QED) is 0.0377. The Bertz CT molecular complexity index is 1090. The van der Waals surface area contributed by atoms with E-state index < -0.39 is 6.10 Å². The van der Waals surface area contributed by atoms with E-state index in [-0.39, 0.29) is 25.2 Å². The average molecular weight is 807 g/mol. The normalized spacial score (nSPS) is 12.9. The summed E-state index contributed by atoms with van der Waals surface area (Å²) in [5.74, 6) is -0.614. The SMILES string of the molecule is CC/C=C\C/C=C\C/C=C\C/C=C\CCCCCCCCC(=O)OC(CO)COC(=O)CCCCCCCCCCCC/C=C\C/C=C\C/C=C\CCCCCCC. The molecule has 0 amide bonds. The number of hydrogen-bond donors (Lipinski definition) is 1. The van der Waals surface area contributed by atoms with Crippen LogP contribution in [0.2, 0.25) is 0 Å². The van der Waals surface area contributed by atoms with E-state index in [0.717, 1.165) is 83.5 Å². The summed E-state index contributed by atoms with van der Waals surface area (Å²) in [6.07, 6.45) is 66.6. The molecule has 0 aliphatic heterocycles. The molecule has 0 spiro atoms. The summed E-state index contributed by atoms with van der Waals surface area (Å²) in [6.45, 7) is 4.00. The van der Waals surface area contributed by atoms with Crippen LogP contribution in [0, 0.1) is 0 Å². The van der Waals surface area contributed by atoms with Crippen LogP contribution in [0.15, 0.2) is 85.1 Å². The molecule has 1 N–H and O–H groups in total. The van der Waals surface area contributed by atoms with Crippen LogP contribution in [0.3, 0.4) is 0 Å². The molecule has 332 valence electrons. The van der Waals surface area contributed by atoms with Gasteiger partial charge in [-0.05, 0) is 89.9 Å². The third-order valence-corrected chi connectivity index (χ3v) is 10.2. The predicted molar refractivity (Wildman–Crippen MR) is 251 cm³/mol. The Balaban J connectivity index is 3.57. The van der Waals surface area contributed by atoms with Crippen molar-refractivity contribution < 1.29 is 24.2 Å². The number of hydrogen-bond acceptors (Lipinski definition) is 5. The minimum Gasteiger partial charge on any atom is -0.462 e. The van der Waals surface area contributed by atoms with Crippen molar-refractivity contribution in [2.24, 2.45) is 0 Å². The van der Waals surface area contributed by atoms with Crippen molar-refractivity contribution in [3.63, 3.8) is 0 Å². The van der Waals surface area contributed by atoms with E-state index in [2.05, 4.69) is 98.9 Å². The first-order valence-electron chi connectivity index (χ1n) is 24.1. The number of rotatable bonds is 43. The molecule has 0 aliphatic rings. The van der Waals surface area contributed by atoms with Gasteiger partial charge in [-0.15, -0.1) is 0 Å². The maximum atomic E-state index is 12.2. The van der Waals surface area contributed by atoms with Gasteiger partial charge in [0.15, 0.2) is 6.10 Å². The summed E-state index contributed by atoms with van der Waals surface area (Å²) in [4.78, 5) is 24.4. The van der Waals surface area contributed by atoms with Crippen molar-refractivity contribution in [1.29, 1.82) is 0 Å². The zero-order valence-electron chi connectivity index (χ0n) is 37.8. The van der Waals surface area contributed by atoms with Crippen molar-refractivity contribution in [3.8, 4) is 0 Å². The zero-order valence-corrected chi connectivity index (χ0v) is 37.8. The second-order valence-corrected chi connectivity index (χ2v) is 15.8. The molecule has 0 saturated heterocycles. The highest BCUT2D eigenvalue weighted by atomic mass is 16.6. The molecule has 5 nitrogen and oxygen atoms in total. The van der Waals surface area contributed by atoms with E-state index in [1.165, 1.54) is 109 Å². The number of unbranched alkanes of at least 4 members (excludes halogenated alkanes) is 21. The van der Waals surface area contributed by atoms with Gasteiger partial charge in [0, 0.05) is 12.8 Å². The molecule has 0 aliphatic carbocycles. The lowest BCUT2D eigenvalue weighted by molar-refractivity contribution is -0.161. The Morgan fingerprint density at radius 3 is 1.12 bits per heavy atom. The Labute approximate surface area is 358 Å². The van der Waals surface area contributed by atoms with Crippen LogP contribution in [-0.2, 0) is 19.1 Å². The van der Waals surface area contributed by atoms with Gasteiger partial charge in [-0.25, -0.2) is 0 Å². The van der Waals surface area contributed by atoms with E-state index in [1.807, 2.05) is 0 Å². The molecular weight excluding hydrogens is 717 g/mol. The third-order valence-electron chi connectivity index (χ3n) is 10.2. The summed E-state index contributed by atoms with van der Waals surface area (Å²) < 4.78 is 10.7. The first kappa shape index (κ1) is 55.1. The van der Waals surface area contributed by atoms with Crippen molar-refractivity contribution in [3.05, 3.63) is 85.1 Å². The lowest BCUT2D eigenvalue weighted by Gasteiger charge is -2.15. The van der Waals surface area contributed by atoms with Gasteiger partial charge < -0.3 is 14.6 Å². The Morgan fingerprint density at radius 2 is 0.741 bits per heavy atom. The number of ether oxygens (including phenoxy) is 2. The molecule has 0 radical (unpaired) electrons. The fourth-order valence-electron chi connectivity index (χ4n) is 6.55. The van der Waals surface area contributed by atoms with Crippen molar-refractivity contribution in [2.45, 2.75) is 225 Å². The molecule has 1 unspecified atom stereocenters. The largest absolute Gasteiger partial charge is 0.462 e. The van der Waals surface area contributed by atoms with Crippen LogP contribution in [0.1, 0.15) is 219 Å². The van der Waals surface area contributed by atoms with Crippen molar-refractivity contribution >= 4 is 11.9 Å². The van der Waals surface area contributed by atoms with Crippen LogP contribution in [0.4, 0.5) is 0 Å². The maximum absolute atomic E-state index is 12.2. The number of esters is 2. The van der Waals surface area contributed by atoms with Gasteiger partial charge in [0.25, 0.3) is 0 Å². The highest BCUT2D eigenvalue weighted by Crippen LogP contribution is 2.14. The van der Waals surface area contributed by atoms with Gasteiger partial charge in [-0.1, -0.05) is 202 Å². The summed E-state index contributed by atoms with van der Waals surface area (Å²) in [5, 5.41) is 9.61. The monoisotopic (exact) mass is 807 g/mol. The predicted octanol–water partition coefficient (Wildman–Crippen LogP) is 15.9. The highest BCUT2D eigenvalue weighted by Gasteiger charge is 2.16. The van der Waals surface area contributed by atoms with Gasteiger partial charge in [0.2, 0.25) is 0 Å². The summed E-state index contributed by atoms with van der Waals surface area (Å²) in [6, 6.07) is 0. The topological polar surface area (TPSA) is 72.8 Å². The molecule has 0 aromatic rings. The second-order valence-electron chi connectivity index (χ2n) is 15.8. The fourth-order valence-corrected chi connectivity index (χ4v) is 6.55. The molecule has 0 rings (SSSR count). The van der Waals surface area contributed by atoms with Gasteiger partial charge >= 0.3 is 11.9 Å². The van der Waals surface area contributed by atoms with Gasteiger partial charge in [-0.3, -0.25) is 9.59 Å². The van der Waals surface area contributed by atoms with Crippen LogP contribution < -0.4 is 0 Å². The summed E-state index contributed by atoms with van der Waals surface area (Å²) in [7, 11) is 0.